The molecule has 1 aliphatic rings. The molecule has 0 saturated carbocycles. The van der Waals surface area contributed by atoms with Crippen molar-refractivity contribution >= 4 is 16.6 Å². The Bertz CT molecular complexity index is 749. The third kappa shape index (κ3) is 2.42. The summed E-state index contributed by atoms with van der Waals surface area (Å²) in [6.45, 7) is 0.586. The molecule has 2 aromatic rings. The summed E-state index contributed by atoms with van der Waals surface area (Å²) in [6, 6.07) is 7.08. The molecule has 1 aromatic heterocycles. The molecule has 110 valence electrons. The Morgan fingerprint density at radius 2 is 1.95 bits per heavy atom. The van der Waals surface area contributed by atoms with Gasteiger partial charge in [-0.05, 0) is 36.2 Å². The highest BCUT2D eigenvalue weighted by molar-refractivity contribution is 7.86. The Balaban J connectivity index is 2.09. The van der Waals surface area contributed by atoms with E-state index in [4.69, 9.17) is 0 Å². The van der Waals surface area contributed by atoms with Crippen molar-refractivity contribution < 1.29 is 22.2 Å². The molecular formula is C14H10F3NO2S. The largest absolute Gasteiger partial charge is 0.475 e. The molecule has 0 N–H and O–H groups in total. The van der Waals surface area contributed by atoms with Crippen LogP contribution in [0.25, 0.3) is 0 Å². The Hall–Kier alpha value is -1.89. The third-order valence-corrected chi connectivity index (χ3v) is 4.54. The highest BCUT2D eigenvalue weighted by atomic mass is 32.2. The Labute approximate surface area is 120 Å². The van der Waals surface area contributed by atoms with Gasteiger partial charge in [0.25, 0.3) is 0 Å². The molecule has 3 rings (SSSR count). The van der Waals surface area contributed by atoms with Crippen LogP contribution in [0, 0.1) is 0 Å². The number of fused-ring (bicyclic) bond motifs is 2. The Kier molecular flexibility index (Phi) is 3.24. The number of aryl methyl sites for hydroxylation is 2. The van der Waals surface area contributed by atoms with Crippen molar-refractivity contribution in [3.8, 4) is 0 Å². The summed E-state index contributed by atoms with van der Waals surface area (Å²) in [4.78, 5) is 12.0. The average molecular weight is 313 g/mol. The number of carbonyl (C=O) groups excluding carboxylic acids is 1. The van der Waals surface area contributed by atoms with Crippen molar-refractivity contribution in [1.82, 2.24) is 4.57 Å². The van der Waals surface area contributed by atoms with E-state index in [0.29, 0.717) is 24.2 Å². The summed E-state index contributed by atoms with van der Waals surface area (Å²) in [5.74, 6) is -0.339. The fourth-order valence-electron chi connectivity index (χ4n) is 2.43. The molecule has 0 spiro atoms. The molecule has 0 aliphatic carbocycles. The van der Waals surface area contributed by atoms with Gasteiger partial charge in [0, 0.05) is 23.2 Å². The Morgan fingerprint density at radius 1 is 1.19 bits per heavy atom. The SMILES string of the molecule is O=C1c2cc(S(=O)C(F)(F)F)ccc2CCn2cccc21. The van der Waals surface area contributed by atoms with Gasteiger partial charge in [-0.15, -0.1) is 0 Å². The zero-order valence-corrected chi connectivity index (χ0v) is 11.5. The van der Waals surface area contributed by atoms with E-state index in [2.05, 4.69) is 0 Å². The number of alkyl halides is 3. The van der Waals surface area contributed by atoms with Crippen LogP contribution in [0.15, 0.2) is 41.4 Å². The smallest absolute Gasteiger partial charge is 0.344 e. The zero-order valence-electron chi connectivity index (χ0n) is 10.7. The van der Waals surface area contributed by atoms with Crippen LogP contribution in [0.2, 0.25) is 0 Å². The molecule has 1 aromatic carbocycles. The molecule has 1 unspecified atom stereocenters. The summed E-state index contributed by atoms with van der Waals surface area (Å²) < 4.78 is 50.8. The molecule has 0 saturated heterocycles. The van der Waals surface area contributed by atoms with E-state index in [0.717, 1.165) is 6.07 Å². The molecule has 3 nitrogen and oxygen atoms in total. The summed E-state index contributed by atoms with van der Waals surface area (Å²) in [5, 5.41) is 0. The standard InChI is InChI=1S/C14H10F3NO2S/c15-14(16,17)21(20)10-4-3-9-5-7-18-6-1-2-12(18)13(19)11(9)8-10/h1-4,6,8H,5,7H2. The van der Waals surface area contributed by atoms with Gasteiger partial charge in [0.15, 0.2) is 10.8 Å². The van der Waals surface area contributed by atoms with E-state index >= 15 is 0 Å². The summed E-state index contributed by atoms with van der Waals surface area (Å²) >= 11 is 0. The molecule has 2 heterocycles. The highest BCUT2D eigenvalue weighted by Crippen LogP contribution is 2.29. The topological polar surface area (TPSA) is 39.1 Å². The molecule has 1 aliphatic heterocycles. The van der Waals surface area contributed by atoms with E-state index < -0.39 is 21.2 Å². The summed E-state index contributed by atoms with van der Waals surface area (Å²) in [7, 11) is -3.13. The van der Waals surface area contributed by atoms with E-state index in [1.807, 2.05) is 0 Å². The van der Waals surface area contributed by atoms with Crippen LogP contribution >= 0.6 is 0 Å². The van der Waals surface area contributed by atoms with Crippen LogP contribution in [0.1, 0.15) is 21.6 Å². The van der Waals surface area contributed by atoms with Gasteiger partial charge < -0.3 is 4.57 Å². The van der Waals surface area contributed by atoms with Gasteiger partial charge in [0.2, 0.25) is 5.78 Å². The zero-order chi connectivity index (χ0) is 15.2. The summed E-state index contributed by atoms with van der Waals surface area (Å²) in [6.07, 6.45) is 2.30. The van der Waals surface area contributed by atoms with Gasteiger partial charge in [-0.1, -0.05) is 6.07 Å². The lowest BCUT2D eigenvalue weighted by molar-refractivity contribution is -0.0384. The van der Waals surface area contributed by atoms with Gasteiger partial charge in [-0.2, -0.15) is 13.2 Å². The second-order valence-corrected chi connectivity index (χ2v) is 6.17. The van der Waals surface area contributed by atoms with Crippen LogP contribution in [-0.4, -0.2) is 20.1 Å². The monoisotopic (exact) mass is 313 g/mol. The van der Waals surface area contributed by atoms with Crippen molar-refractivity contribution in [2.24, 2.45) is 0 Å². The number of rotatable bonds is 1. The fourth-order valence-corrected chi connectivity index (χ4v) is 3.11. The third-order valence-electron chi connectivity index (χ3n) is 3.43. The quantitative estimate of drug-likeness (QED) is 0.812. The van der Waals surface area contributed by atoms with Crippen LogP contribution < -0.4 is 0 Å². The van der Waals surface area contributed by atoms with Crippen molar-refractivity contribution in [2.45, 2.75) is 23.4 Å². The lowest BCUT2D eigenvalue weighted by atomic mass is 10.0. The maximum absolute atomic E-state index is 12.5. The predicted molar refractivity (Wildman–Crippen MR) is 70.5 cm³/mol. The maximum Gasteiger partial charge on any atom is 0.475 e. The van der Waals surface area contributed by atoms with Gasteiger partial charge in [-0.25, -0.2) is 4.21 Å². The van der Waals surface area contributed by atoms with Crippen LogP contribution in [-0.2, 0) is 23.8 Å². The minimum atomic E-state index is -4.83. The lowest BCUT2D eigenvalue weighted by Gasteiger charge is -2.09. The van der Waals surface area contributed by atoms with Crippen LogP contribution in [0.5, 0.6) is 0 Å². The second-order valence-electron chi connectivity index (χ2n) is 4.70. The molecule has 0 bridgehead atoms. The first kappa shape index (κ1) is 14.1. The second kappa shape index (κ2) is 4.84. The first-order chi connectivity index (χ1) is 9.88. The number of halogens is 3. The molecule has 0 amide bonds. The van der Waals surface area contributed by atoms with E-state index in [1.54, 1.807) is 22.9 Å². The minimum absolute atomic E-state index is 0.197. The minimum Gasteiger partial charge on any atom is -0.344 e. The number of benzene rings is 1. The number of aromatic nitrogens is 1. The normalized spacial score (nSPS) is 16.0. The van der Waals surface area contributed by atoms with Crippen LogP contribution in [0.3, 0.4) is 0 Å². The Morgan fingerprint density at radius 3 is 2.67 bits per heavy atom. The van der Waals surface area contributed by atoms with Gasteiger partial charge in [0.1, 0.15) is 0 Å². The molecule has 0 fully saturated rings. The first-order valence-corrected chi connectivity index (χ1v) is 7.34. The lowest BCUT2D eigenvalue weighted by Crippen LogP contribution is -2.17. The molecule has 0 radical (unpaired) electrons. The number of carbonyl (C=O) groups is 1. The van der Waals surface area contributed by atoms with E-state index in [1.165, 1.54) is 12.1 Å². The van der Waals surface area contributed by atoms with Crippen molar-refractivity contribution in [2.75, 3.05) is 0 Å². The maximum atomic E-state index is 12.5. The van der Waals surface area contributed by atoms with E-state index in [-0.39, 0.29) is 11.3 Å². The number of hydrogen-bond acceptors (Lipinski definition) is 2. The molecule has 7 heteroatoms. The predicted octanol–water partition coefficient (Wildman–Crippen LogP) is 2.90. The van der Waals surface area contributed by atoms with Crippen molar-refractivity contribution in [3.63, 3.8) is 0 Å². The van der Waals surface area contributed by atoms with Crippen molar-refractivity contribution in [1.29, 1.82) is 0 Å². The number of nitrogens with zero attached hydrogens (tertiary/aromatic N) is 1. The van der Waals surface area contributed by atoms with E-state index in [9.17, 15) is 22.2 Å². The van der Waals surface area contributed by atoms with Crippen LogP contribution in [0.4, 0.5) is 13.2 Å². The van der Waals surface area contributed by atoms with Gasteiger partial charge >= 0.3 is 5.51 Å². The number of hydrogen-bond donors (Lipinski definition) is 0. The first-order valence-electron chi connectivity index (χ1n) is 6.19. The molecular weight excluding hydrogens is 303 g/mol. The van der Waals surface area contributed by atoms with Gasteiger partial charge in [-0.3, -0.25) is 4.79 Å². The highest BCUT2D eigenvalue weighted by Gasteiger charge is 2.38. The van der Waals surface area contributed by atoms with Crippen molar-refractivity contribution in [3.05, 3.63) is 53.3 Å². The fraction of sp³-hybridized carbons (Fsp3) is 0.214. The van der Waals surface area contributed by atoms with Gasteiger partial charge in [0.05, 0.1) is 5.69 Å². The average Bonchev–Trinajstić information content (AvgIpc) is 2.86. The number of ketones is 1. The molecule has 1 atom stereocenters. The molecule has 21 heavy (non-hydrogen) atoms. The summed E-state index contributed by atoms with van der Waals surface area (Å²) in [5.41, 5.74) is -3.53.